The van der Waals surface area contributed by atoms with Crippen LogP contribution in [-0.2, 0) is 18.3 Å². The summed E-state index contributed by atoms with van der Waals surface area (Å²) >= 11 is 0. The Morgan fingerprint density at radius 2 is 1.90 bits per heavy atom. The molecule has 0 spiro atoms. The molecule has 1 aliphatic heterocycles. The molecule has 1 saturated heterocycles. The summed E-state index contributed by atoms with van der Waals surface area (Å²) in [6.07, 6.45) is 1.94. The van der Waals surface area contributed by atoms with Gasteiger partial charge >= 0.3 is 0 Å². The Morgan fingerprint density at radius 3 is 2.52 bits per heavy atom. The number of guanidine groups is 1. The second-order valence-electron chi connectivity index (χ2n) is 8.49. The quantitative estimate of drug-likeness (QED) is 0.447. The predicted octanol–water partition coefficient (Wildman–Crippen LogP) is 2.99. The fourth-order valence-electron chi connectivity index (χ4n) is 4.22. The van der Waals surface area contributed by atoms with Crippen LogP contribution in [0.3, 0.4) is 0 Å². The first kappa shape index (κ1) is 23.3. The smallest absolute Gasteiger partial charge is 0.191 e. The van der Waals surface area contributed by atoms with Gasteiger partial charge in [0.05, 0.1) is 12.2 Å². The van der Waals surface area contributed by atoms with E-state index in [2.05, 4.69) is 72.2 Å². The fourth-order valence-corrected chi connectivity index (χ4v) is 4.22. The summed E-state index contributed by atoms with van der Waals surface area (Å²) in [5.41, 5.74) is 4.66. The topological polar surface area (TPSA) is 75.5 Å². The largest absolute Gasteiger partial charge is 0.381 e. The summed E-state index contributed by atoms with van der Waals surface area (Å²) in [4.78, 5) is 4.85. The van der Waals surface area contributed by atoms with Crippen LogP contribution in [0.5, 0.6) is 0 Å². The molecule has 0 radical (unpaired) electrons. The molecule has 31 heavy (non-hydrogen) atoms. The lowest BCUT2D eigenvalue weighted by atomic mass is 9.88. The number of hydrogen-bond acceptors (Lipinski definition) is 4. The van der Waals surface area contributed by atoms with Crippen LogP contribution in [-0.4, -0.2) is 47.6 Å². The van der Waals surface area contributed by atoms with E-state index in [4.69, 9.17) is 9.73 Å². The summed E-state index contributed by atoms with van der Waals surface area (Å²) < 4.78 is 7.60. The van der Waals surface area contributed by atoms with E-state index in [0.29, 0.717) is 6.54 Å². The van der Waals surface area contributed by atoms with E-state index < -0.39 is 0 Å². The van der Waals surface area contributed by atoms with Crippen LogP contribution in [0.1, 0.15) is 55.2 Å². The number of hydrogen-bond donors (Lipinski definition) is 3. The molecule has 2 aromatic rings. The highest BCUT2D eigenvalue weighted by Gasteiger charge is 2.34. The summed E-state index contributed by atoms with van der Waals surface area (Å²) in [5, 5.41) is 15.4. The number of aromatic nitrogens is 2. The molecule has 0 aliphatic carbocycles. The van der Waals surface area contributed by atoms with Gasteiger partial charge in [0.1, 0.15) is 0 Å². The molecule has 0 amide bonds. The molecular weight excluding hydrogens is 388 g/mol. The van der Waals surface area contributed by atoms with Crippen molar-refractivity contribution in [3.05, 3.63) is 52.8 Å². The average molecular weight is 427 g/mol. The number of rotatable bonds is 8. The third-order valence-corrected chi connectivity index (χ3v) is 6.26. The van der Waals surface area contributed by atoms with Crippen molar-refractivity contribution in [3.8, 4) is 0 Å². The van der Waals surface area contributed by atoms with Gasteiger partial charge in [0.25, 0.3) is 0 Å². The van der Waals surface area contributed by atoms with E-state index in [1.165, 1.54) is 11.1 Å². The SMILES string of the molecule is CCNC(=NCc1c(C)nn(C)c1C)NCC1(NC(C)c2ccccc2)CCOCC1. The molecule has 1 aromatic heterocycles. The van der Waals surface area contributed by atoms with Crippen molar-refractivity contribution in [1.82, 2.24) is 25.7 Å². The van der Waals surface area contributed by atoms with Crippen LogP contribution in [0.15, 0.2) is 35.3 Å². The summed E-state index contributed by atoms with van der Waals surface area (Å²) in [6.45, 7) is 12.3. The van der Waals surface area contributed by atoms with Crippen LogP contribution in [0.2, 0.25) is 0 Å². The molecule has 170 valence electrons. The van der Waals surface area contributed by atoms with Gasteiger partial charge in [-0.1, -0.05) is 30.3 Å². The first-order valence-electron chi connectivity index (χ1n) is 11.4. The average Bonchev–Trinajstić information content (AvgIpc) is 3.02. The maximum absolute atomic E-state index is 5.68. The van der Waals surface area contributed by atoms with Crippen LogP contribution >= 0.6 is 0 Å². The molecule has 2 heterocycles. The predicted molar refractivity (Wildman–Crippen MR) is 126 cm³/mol. The number of nitrogens with zero attached hydrogens (tertiary/aromatic N) is 3. The van der Waals surface area contributed by atoms with Crippen molar-refractivity contribution in [2.45, 2.75) is 58.7 Å². The van der Waals surface area contributed by atoms with Crippen LogP contribution < -0.4 is 16.0 Å². The zero-order valence-corrected chi connectivity index (χ0v) is 19.7. The monoisotopic (exact) mass is 426 g/mol. The molecule has 7 nitrogen and oxygen atoms in total. The Bertz CT molecular complexity index is 854. The van der Waals surface area contributed by atoms with Crippen molar-refractivity contribution < 1.29 is 4.74 Å². The van der Waals surface area contributed by atoms with Gasteiger partial charge in [0.2, 0.25) is 0 Å². The maximum Gasteiger partial charge on any atom is 0.191 e. The second-order valence-corrected chi connectivity index (χ2v) is 8.49. The summed E-state index contributed by atoms with van der Waals surface area (Å²) in [5.74, 6) is 0.838. The maximum atomic E-state index is 5.68. The van der Waals surface area contributed by atoms with Gasteiger partial charge in [0.15, 0.2) is 5.96 Å². The van der Waals surface area contributed by atoms with E-state index >= 15 is 0 Å². The number of benzene rings is 1. The number of ether oxygens (including phenoxy) is 1. The zero-order chi connectivity index (χ0) is 22.3. The lowest BCUT2D eigenvalue weighted by Crippen LogP contribution is -2.58. The Labute approximate surface area is 186 Å². The molecule has 1 aromatic carbocycles. The molecule has 1 atom stereocenters. The Kier molecular flexibility index (Phi) is 8.09. The first-order chi connectivity index (χ1) is 14.9. The third-order valence-electron chi connectivity index (χ3n) is 6.26. The molecular formula is C24H38N6O. The van der Waals surface area contributed by atoms with Crippen LogP contribution in [0.25, 0.3) is 0 Å². The highest BCUT2D eigenvalue weighted by Crippen LogP contribution is 2.25. The fraction of sp³-hybridized carbons (Fsp3) is 0.583. The van der Waals surface area contributed by atoms with Crippen molar-refractivity contribution in [1.29, 1.82) is 0 Å². The lowest BCUT2D eigenvalue weighted by molar-refractivity contribution is 0.0355. The lowest BCUT2D eigenvalue weighted by Gasteiger charge is -2.41. The normalized spacial score (nSPS) is 17.4. The van der Waals surface area contributed by atoms with Crippen LogP contribution in [0, 0.1) is 13.8 Å². The van der Waals surface area contributed by atoms with E-state index in [0.717, 1.165) is 56.5 Å². The van der Waals surface area contributed by atoms with Gasteiger partial charge in [0, 0.05) is 56.2 Å². The minimum absolute atomic E-state index is 0.0379. The standard InChI is InChI=1S/C24H38N6O/c1-6-25-23(26-16-22-19(3)29-30(5)20(22)4)27-17-24(12-14-31-15-13-24)28-18(2)21-10-8-7-9-11-21/h7-11,18,28H,6,12-17H2,1-5H3,(H2,25,26,27). The highest BCUT2D eigenvalue weighted by molar-refractivity contribution is 5.79. The van der Waals surface area contributed by atoms with Crippen molar-refractivity contribution in [2.24, 2.45) is 12.0 Å². The van der Waals surface area contributed by atoms with E-state index in [1.54, 1.807) is 0 Å². The van der Waals surface area contributed by atoms with Gasteiger partial charge in [-0.2, -0.15) is 5.10 Å². The third kappa shape index (κ3) is 6.08. The van der Waals surface area contributed by atoms with Gasteiger partial charge < -0.3 is 20.7 Å². The molecule has 0 bridgehead atoms. The number of aryl methyl sites for hydroxylation is 2. The molecule has 1 unspecified atom stereocenters. The molecule has 1 aliphatic rings. The van der Waals surface area contributed by atoms with Crippen molar-refractivity contribution in [3.63, 3.8) is 0 Å². The minimum Gasteiger partial charge on any atom is -0.381 e. The molecule has 7 heteroatoms. The second kappa shape index (κ2) is 10.8. The summed E-state index contributed by atoms with van der Waals surface area (Å²) in [6, 6.07) is 10.9. The summed E-state index contributed by atoms with van der Waals surface area (Å²) in [7, 11) is 1.98. The van der Waals surface area contributed by atoms with Gasteiger partial charge in [-0.3, -0.25) is 4.68 Å². The van der Waals surface area contributed by atoms with E-state index in [-0.39, 0.29) is 11.6 Å². The van der Waals surface area contributed by atoms with E-state index in [1.807, 2.05) is 18.7 Å². The van der Waals surface area contributed by atoms with Crippen LogP contribution in [0.4, 0.5) is 0 Å². The van der Waals surface area contributed by atoms with Crippen molar-refractivity contribution >= 4 is 5.96 Å². The number of aliphatic imine (C=N–C) groups is 1. The first-order valence-corrected chi connectivity index (χ1v) is 11.4. The highest BCUT2D eigenvalue weighted by atomic mass is 16.5. The number of nitrogens with one attached hydrogen (secondary N) is 3. The Hall–Kier alpha value is -2.38. The zero-order valence-electron chi connectivity index (χ0n) is 19.7. The Balaban J connectivity index is 1.70. The minimum atomic E-state index is -0.0379. The molecule has 1 fully saturated rings. The van der Waals surface area contributed by atoms with E-state index in [9.17, 15) is 0 Å². The van der Waals surface area contributed by atoms with Gasteiger partial charge in [-0.25, -0.2) is 4.99 Å². The molecule has 0 saturated carbocycles. The Morgan fingerprint density at radius 1 is 1.19 bits per heavy atom. The van der Waals surface area contributed by atoms with Gasteiger partial charge in [-0.15, -0.1) is 0 Å². The van der Waals surface area contributed by atoms with Gasteiger partial charge in [-0.05, 0) is 46.1 Å². The molecule has 3 N–H and O–H groups in total. The van der Waals surface area contributed by atoms with Crippen molar-refractivity contribution in [2.75, 3.05) is 26.3 Å². The molecule has 3 rings (SSSR count).